The van der Waals surface area contributed by atoms with Crippen molar-refractivity contribution in [1.82, 2.24) is 14.1 Å². The van der Waals surface area contributed by atoms with Gasteiger partial charge in [0.05, 0.1) is 17.6 Å². The van der Waals surface area contributed by atoms with E-state index in [0.29, 0.717) is 24.9 Å². The van der Waals surface area contributed by atoms with Crippen molar-refractivity contribution in [3.8, 4) is 5.69 Å². The van der Waals surface area contributed by atoms with Crippen LogP contribution in [0.3, 0.4) is 0 Å². The highest BCUT2D eigenvalue weighted by atomic mass is 32.2. The van der Waals surface area contributed by atoms with Crippen LogP contribution in [0, 0.1) is 23.0 Å². The molecule has 0 aliphatic heterocycles. The molecule has 2 atom stereocenters. The van der Waals surface area contributed by atoms with Gasteiger partial charge in [0.15, 0.2) is 5.75 Å². The molecule has 39 heavy (non-hydrogen) atoms. The summed E-state index contributed by atoms with van der Waals surface area (Å²) < 4.78 is 95.8. The molecule has 1 saturated carbocycles. The summed E-state index contributed by atoms with van der Waals surface area (Å²) in [6.07, 6.45) is 0.620. The van der Waals surface area contributed by atoms with Crippen molar-refractivity contribution in [1.29, 1.82) is 0 Å². The Morgan fingerprint density at radius 3 is 2.51 bits per heavy atom. The van der Waals surface area contributed by atoms with E-state index < -0.39 is 33.2 Å². The zero-order chi connectivity index (χ0) is 28.0. The Morgan fingerprint density at radius 1 is 1.10 bits per heavy atom. The number of benzene rings is 2. The Morgan fingerprint density at radius 2 is 1.82 bits per heavy atom. The molecular weight excluding hydrogens is 537 g/mol. The lowest BCUT2D eigenvalue weighted by molar-refractivity contribution is -0.107. The fourth-order valence-corrected chi connectivity index (χ4v) is 7.22. The lowest BCUT2D eigenvalue weighted by Crippen LogP contribution is -2.44. The standard InChI is InChI=1S/C28H28F5N3O2S/c1-27-15-20-16-34-36(24-10-8-23(29)9-11-24)26(20)14-21(27)6-7-22(27)17-35(39(37,38)18-28(31,32)33)13-12-19-4-2-3-5-25(19)30/h2-5,8-11,14,16,22H,6-7,12-13,15,17-18H2,1H3/t22-,27+/m1/s1. The summed E-state index contributed by atoms with van der Waals surface area (Å²) in [6.45, 7) is 1.67. The highest BCUT2D eigenvalue weighted by Crippen LogP contribution is 2.53. The Bertz CT molecular complexity index is 1500. The average Bonchev–Trinajstić information content (AvgIpc) is 3.39. The van der Waals surface area contributed by atoms with Gasteiger partial charge in [-0.05, 0) is 84.6 Å². The topological polar surface area (TPSA) is 55.2 Å². The van der Waals surface area contributed by atoms with Crippen LogP contribution < -0.4 is 0 Å². The number of hydrogen-bond donors (Lipinski definition) is 0. The van der Waals surface area contributed by atoms with E-state index in [4.69, 9.17) is 0 Å². The lowest BCUT2D eigenvalue weighted by atomic mass is 9.70. The summed E-state index contributed by atoms with van der Waals surface area (Å²) in [6, 6.07) is 11.8. The second-order valence-corrected chi connectivity index (χ2v) is 12.5. The Hall–Kier alpha value is -3.05. The molecule has 3 aromatic rings. The first-order chi connectivity index (χ1) is 18.4. The monoisotopic (exact) mass is 565 g/mol. The van der Waals surface area contributed by atoms with Crippen LogP contribution >= 0.6 is 0 Å². The summed E-state index contributed by atoms with van der Waals surface area (Å²) >= 11 is 0. The van der Waals surface area contributed by atoms with Crippen molar-refractivity contribution in [3.05, 3.63) is 88.8 Å². The predicted octanol–water partition coefficient (Wildman–Crippen LogP) is 5.94. The lowest BCUT2D eigenvalue weighted by Gasteiger charge is -2.38. The first-order valence-corrected chi connectivity index (χ1v) is 14.3. The molecule has 0 N–H and O–H groups in total. The van der Waals surface area contributed by atoms with Crippen LogP contribution in [0.15, 0.2) is 60.3 Å². The third-order valence-corrected chi connectivity index (χ3v) is 9.79. The minimum Gasteiger partial charge on any atom is -0.233 e. The van der Waals surface area contributed by atoms with E-state index in [1.807, 2.05) is 13.0 Å². The Kier molecular flexibility index (Phi) is 7.17. The van der Waals surface area contributed by atoms with E-state index in [9.17, 15) is 30.4 Å². The molecule has 1 heterocycles. The number of fused-ring (bicyclic) bond motifs is 2. The number of rotatable bonds is 8. The van der Waals surface area contributed by atoms with Gasteiger partial charge in [0, 0.05) is 13.1 Å². The van der Waals surface area contributed by atoms with Crippen molar-refractivity contribution in [2.45, 2.75) is 38.8 Å². The molecule has 2 aliphatic carbocycles. The maximum absolute atomic E-state index is 14.2. The number of alkyl halides is 3. The molecule has 0 saturated heterocycles. The van der Waals surface area contributed by atoms with E-state index >= 15 is 0 Å². The number of nitrogens with zero attached hydrogens (tertiary/aromatic N) is 3. The molecule has 0 radical (unpaired) electrons. The number of sulfonamides is 1. The van der Waals surface area contributed by atoms with E-state index in [1.54, 1.807) is 29.1 Å². The second-order valence-electron chi connectivity index (χ2n) is 10.5. The van der Waals surface area contributed by atoms with Gasteiger partial charge < -0.3 is 0 Å². The SMILES string of the molecule is C[C@]12Cc3cnn(-c4ccc(F)cc4)c3C=C1CC[C@@H]2CN(CCc1ccccc1F)S(=O)(=O)CC(F)(F)F. The smallest absolute Gasteiger partial charge is 0.233 e. The van der Waals surface area contributed by atoms with E-state index in [0.717, 1.165) is 21.1 Å². The van der Waals surface area contributed by atoms with Crippen LogP contribution in [0.25, 0.3) is 11.8 Å². The third-order valence-electron chi connectivity index (χ3n) is 7.97. The van der Waals surface area contributed by atoms with Gasteiger partial charge in [-0.3, -0.25) is 0 Å². The van der Waals surface area contributed by atoms with Crippen molar-refractivity contribution in [2.24, 2.45) is 11.3 Å². The Balaban J connectivity index is 1.41. The predicted molar refractivity (Wildman–Crippen MR) is 138 cm³/mol. The van der Waals surface area contributed by atoms with Crippen LogP contribution in [0.1, 0.15) is 36.6 Å². The van der Waals surface area contributed by atoms with Gasteiger partial charge >= 0.3 is 6.18 Å². The first kappa shape index (κ1) is 27.5. The zero-order valence-electron chi connectivity index (χ0n) is 21.3. The molecular formula is C28H28F5N3O2S. The summed E-state index contributed by atoms with van der Waals surface area (Å²) in [7, 11) is -4.69. The first-order valence-electron chi connectivity index (χ1n) is 12.7. The fourth-order valence-electron chi connectivity index (χ4n) is 5.85. The molecule has 11 heteroatoms. The molecule has 1 fully saturated rings. The summed E-state index contributed by atoms with van der Waals surface area (Å²) in [4.78, 5) is 0. The van der Waals surface area contributed by atoms with E-state index in [1.165, 1.54) is 30.3 Å². The quantitative estimate of drug-likeness (QED) is 0.318. The maximum Gasteiger partial charge on any atom is 0.404 e. The molecule has 0 spiro atoms. The molecule has 0 amide bonds. The Labute approximate surface area is 224 Å². The maximum atomic E-state index is 14.2. The van der Waals surface area contributed by atoms with Crippen LogP contribution in [0.5, 0.6) is 0 Å². The van der Waals surface area contributed by atoms with Gasteiger partial charge in [0.25, 0.3) is 0 Å². The molecule has 208 valence electrons. The highest BCUT2D eigenvalue weighted by Gasteiger charge is 2.48. The van der Waals surface area contributed by atoms with Gasteiger partial charge in [-0.2, -0.15) is 18.3 Å². The van der Waals surface area contributed by atoms with E-state index in [-0.39, 0.29) is 36.8 Å². The largest absolute Gasteiger partial charge is 0.404 e. The van der Waals surface area contributed by atoms with E-state index in [2.05, 4.69) is 5.10 Å². The second kappa shape index (κ2) is 10.2. The number of hydrogen-bond acceptors (Lipinski definition) is 3. The highest BCUT2D eigenvalue weighted by molar-refractivity contribution is 7.89. The fraction of sp³-hybridized carbons (Fsp3) is 0.393. The molecule has 0 bridgehead atoms. The minimum atomic E-state index is -4.89. The van der Waals surface area contributed by atoms with Gasteiger partial charge in [-0.15, -0.1) is 0 Å². The summed E-state index contributed by atoms with van der Waals surface area (Å²) in [5.41, 5.74) is 3.33. The molecule has 0 unspecified atom stereocenters. The van der Waals surface area contributed by atoms with Crippen molar-refractivity contribution in [3.63, 3.8) is 0 Å². The third kappa shape index (κ3) is 5.65. The number of halogens is 5. The van der Waals surface area contributed by atoms with Gasteiger partial charge in [-0.1, -0.05) is 30.7 Å². The van der Waals surface area contributed by atoms with Crippen LogP contribution in [-0.4, -0.2) is 47.5 Å². The molecule has 1 aromatic heterocycles. The zero-order valence-corrected chi connectivity index (χ0v) is 22.1. The summed E-state index contributed by atoms with van der Waals surface area (Å²) in [5.74, 6) is -3.08. The van der Waals surface area contributed by atoms with Gasteiger partial charge in [-0.25, -0.2) is 26.2 Å². The van der Waals surface area contributed by atoms with Gasteiger partial charge in [0.2, 0.25) is 10.0 Å². The molecule has 5 nitrogen and oxygen atoms in total. The molecule has 2 aromatic carbocycles. The minimum absolute atomic E-state index is 0.0372. The summed E-state index contributed by atoms with van der Waals surface area (Å²) in [5, 5.41) is 4.48. The average molecular weight is 566 g/mol. The van der Waals surface area contributed by atoms with Crippen LogP contribution in [0.4, 0.5) is 22.0 Å². The van der Waals surface area contributed by atoms with Crippen molar-refractivity contribution in [2.75, 3.05) is 18.8 Å². The van der Waals surface area contributed by atoms with Crippen molar-refractivity contribution < 1.29 is 30.4 Å². The number of aromatic nitrogens is 2. The van der Waals surface area contributed by atoms with Crippen LogP contribution in [-0.2, 0) is 22.9 Å². The number of allylic oxidation sites excluding steroid dienone is 1. The molecule has 2 aliphatic rings. The van der Waals surface area contributed by atoms with Crippen molar-refractivity contribution >= 4 is 16.1 Å². The normalized spacial score (nSPS) is 21.1. The van der Waals surface area contributed by atoms with Gasteiger partial charge in [0.1, 0.15) is 11.6 Å². The van der Waals surface area contributed by atoms with Crippen LogP contribution in [0.2, 0.25) is 0 Å². The molecule has 5 rings (SSSR count).